The number of rotatable bonds is 2. The fourth-order valence-corrected chi connectivity index (χ4v) is 1.85. The minimum absolute atomic E-state index is 0.129. The Morgan fingerprint density at radius 1 is 1.29 bits per heavy atom. The standard InChI is InChI=1S/C11H13N3O3/c15-11(13-7-5-12-6-8-13)9-3-1-2-4-10(9)14(16)17/h1-4,12H,5-8H2. The SMILES string of the molecule is O=C(c1ccccc1[N+](=O)[O-])N1CCNCC1. The number of nitro benzene ring substituents is 1. The normalized spacial score (nSPS) is 15.6. The summed E-state index contributed by atoms with van der Waals surface area (Å²) in [4.78, 5) is 24.1. The van der Waals surface area contributed by atoms with Crippen molar-refractivity contribution in [3.63, 3.8) is 0 Å². The first-order valence-corrected chi connectivity index (χ1v) is 5.43. The van der Waals surface area contributed by atoms with E-state index in [1.54, 1.807) is 17.0 Å². The van der Waals surface area contributed by atoms with Gasteiger partial charge in [-0.15, -0.1) is 0 Å². The summed E-state index contributed by atoms with van der Waals surface area (Å²) < 4.78 is 0. The van der Waals surface area contributed by atoms with E-state index in [0.29, 0.717) is 13.1 Å². The molecule has 1 aromatic carbocycles. The summed E-state index contributed by atoms with van der Waals surface area (Å²) >= 11 is 0. The van der Waals surface area contributed by atoms with Crippen LogP contribution in [0.4, 0.5) is 5.69 Å². The third-order valence-electron chi connectivity index (χ3n) is 2.74. The molecule has 0 bridgehead atoms. The first-order chi connectivity index (χ1) is 8.20. The summed E-state index contributed by atoms with van der Waals surface area (Å²) in [5, 5.41) is 14.0. The van der Waals surface area contributed by atoms with Crippen LogP contribution in [-0.4, -0.2) is 41.9 Å². The minimum Gasteiger partial charge on any atom is -0.336 e. The Bertz CT molecular complexity index is 441. The zero-order chi connectivity index (χ0) is 12.3. The summed E-state index contributed by atoms with van der Waals surface area (Å²) in [5.74, 6) is -0.265. The number of hydrogen-bond acceptors (Lipinski definition) is 4. The van der Waals surface area contributed by atoms with Gasteiger partial charge >= 0.3 is 0 Å². The molecule has 1 heterocycles. The predicted octanol–water partition coefficient (Wildman–Crippen LogP) is 0.640. The van der Waals surface area contributed by atoms with Crippen LogP contribution in [0.1, 0.15) is 10.4 Å². The molecule has 0 aliphatic carbocycles. The van der Waals surface area contributed by atoms with Gasteiger partial charge < -0.3 is 10.2 Å². The lowest BCUT2D eigenvalue weighted by Gasteiger charge is -2.27. The van der Waals surface area contributed by atoms with Crippen molar-refractivity contribution in [3.05, 3.63) is 39.9 Å². The number of carbonyl (C=O) groups is 1. The third-order valence-corrected chi connectivity index (χ3v) is 2.74. The molecule has 1 fully saturated rings. The Kier molecular flexibility index (Phi) is 3.34. The number of nitrogens with zero attached hydrogens (tertiary/aromatic N) is 2. The van der Waals surface area contributed by atoms with Crippen LogP contribution in [0.15, 0.2) is 24.3 Å². The van der Waals surface area contributed by atoms with E-state index in [-0.39, 0.29) is 17.2 Å². The fourth-order valence-electron chi connectivity index (χ4n) is 1.85. The number of amides is 1. The Hall–Kier alpha value is -1.95. The highest BCUT2D eigenvalue weighted by molar-refractivity contribution is 5.98. The molecular formula is C11H13N3O3. The molecule has 6 heteroatoms. The maximum absolute atomic E-state index is 12.1. The van der Waals surface area contributed by atoms with Crippen LogP contribution in [0.2, 0.25) is 0 Å². The molecule has 1 amide bonds. The molecule has 2 rings (SSSR count). The van der Waals surface area contributed by atoms with Gasteiger partial charge in [0.15, 0.2) is 0 Å². The number of nitro groups is 1. The van der Waals surface area contributed by atoms with Crippen molar-refractivity contribution in [2.75, 3.05) is 26.2 Å². The number of para-hydroxylation sites is 1. The smallest absolute Gasteiger partial charge is 0.282 e. The molecule has 1 N–H and O–H groups in total. The summed E-state index contributed by atoms with van der Waals surface area (Å²) in [6.07, 6.45) is 0. The Balaban J connectivity index is 2.26. The lowest BCUT2D eigenvalue weighted by atomic mass is 10.1. The molecule has 0 radical (unpaired) electrons. The van der Waals surface area contributed by atoms with E-state index >= 15 is 0 Å². The monoisotopic (exact) mass is 235 g/mol. The average Bonchev–Trinajstić information content (AvgIpc) is 2.39. The predicted molar refractivity (Wildman–Crippen MR) is 61.9 cm³/mol. The zero-order valence-electron chi connectivity index (χ0n) is 9.26. The summed E-state index contributed by atoms with van der Waals surface area (Å²) in [7, 11) is 0. The number of hydrogen-bond donors (Lipinski definition) is 1. The fraction of sp³-hybridized carbons (Fsp3) is 0.364. The van der Waals surface area contributed by atoms with E-state index in [1.165, 1.54) is 12.1 Å². The Morgan fingerprint density at radius 3 is 2.59 bits per heavy atom. The van der Waals surface area contributed by atoms with E-state index in [9.17, 15) is 14.9 Å². The molecule has 1 aliphatic rings. The lowest BCUT2D eigenvalue weighted by Crippen LogP contribution is -2.46. The van der Waals surface area contributed by atoms with Crippen molar-refractivity contribution >= 4 is 11.6 Å². The second-order valence-corrected chi connectivity index (χ2v) is 3.82. The van der Waals surface area contributed by atoms with Crippen molar-refractivity contribution in [2.45, 2.75) is 0 Å². The molecule has 1 aromatic rings. The zero-order valence-corrected chi connectivity index (χ0v) is 9.26. The van der Waals surface area contributed by atoms with Gasteiger partial charge in [-0.05, 0) is 6.07 Å². The molecule has 0 unspecified atom stereocenters. The summed E-state index contributed by atoms with van der Waals surface area (Å²) in [5.41, 5.74) is 0.0374. The van der Waals surface area contributed by atoms with Crippen molar-refractivity contribution < 1.29 is 9.72 Å². The lowest BCUT2D eigenvalue weighted by molar-refractivity contribution is -0.385. The van der Waals surface area contributed by atoms with E-state index in [4.69, 9.17) is 0 Å². The second kappa shape index (κ2) is 4.92. The molecule has 0 aromatic heterocycles. The van der Waals surface area contributed by atoms with Gasteiger partial charge in [0.25, 0.3) is 11.6 Å². The Labute approximate surface area is 98.4 Å². The van der Waals surface area contributed by atoms with Gasteiger partial charge in [0.2, 0.25) is 0 Å². The van der Waals surface area contributed by atoms with Crippen LogP contribution < -0.4 is 5.32 Å². The topological polar surface area (TPSA) is 75.5 Å². The van der Waals surface area contributed by atoms with Gasteiger partial charge in [0.1, 0.15) is 5.56 Å². The minimum atomic E-state index is -0.518. The van der Waals surface area contributed by atoms with Gasteiger partial charge in [-0.2, -0.15) is 0 Å². The second-order valence-electron chi connectivity index (χ2n) is 3.82. The average molecular weight is 235 g/mol. The van der Waals surface area contributed by atoms with Crippen molar-refractivity contribution in [1.82, 2.24) is 10.2 Å². The quantitative estimate of drug-likeness (QED) is 0.603. The van der Waals surface area contributed by atoms with E-state index in [1.807, 2.05) is 0 Å². The molecule has 1 aliphatic heterocycles. The van der Waals surface area contributed by atoms with E-state index in [2.05, 4.69) is 5.32 Å². The number of piperazine rings is 1. The largest absolute Gasteiger partial charge is 0.336 e. The van der Waals surface area contributed by atoms with Gasteiger partial charge in [-0.25, -0.2) is 0 Å². The van der Waals surface area contributed by atoms with Crippen molar-refractivity contribution in [2.24, 2.45) is 0 Å². The highest BCUT2D eigenvalue weighted by Gasteiger charge is 2.24. The summed E-state index contributed by atoms with van der Waals surface area (Å²) in [6.45, 7) is 2.63. The van der Waals surface area contributed by atoms with E-state index < -0.39 is 4.92 Å². The van der Waals surface area contributed by atoms with Crippen molar-refractivity contribution in [3.8, 4) is 0 Å². The van der Waals surface area contributed by atoms with Gasteiger partial charge in [-0.1, -0.05) is 12.1 Å². The van der Waals surface area contributed by atoms with Crippen LogP contribution >= 0.6 is 0 Å². The van der Waals surface area contributed by atoms with Crippen LogP contribution in [0.25, 0.3) is 0 Å². The van der Waals surface area contributed by atoms with Crippen LogP contribution in [0.5, 0.6) is 0 Å². The number of benzene rings is 1. The maximum Gasteiger partial charge on any atom is 0.282 e. The molecule has 1 saturated heterocycles. The highest BCUT2D eigenvalue weighted by Crippen LogP contribution is 2.19. The van der Waals surface area contributed by atoms with Crippen molar-refractivity contribution in [1.29, 1.82) is 0 Å². The molecule has 0 saturated carbocycles. The van der Waals surface area contributed by atoms with Crippen LogP contribution in [0, 0.1) is 10.1 Å². The first kappa shape index (κ1) is 11.5. The van der Waals surface area contributed by atoms with Gasteiger partial charge in [0, 0.05) is 32.2 Å². The van der Waals surface area contributed by atoms with Crippen LogP contribution in [-0.2, 0) is 0 Å². The summed E-state index contributed by atoms with van der Waals surface area (Å²) in [6, 6.07) is 6.06. The first-order valence-electron chi connectivity index (χ1n) is 5.43. The number of carbonyl (C=O) groups excluding carboxylic acids is 1. The van der Waals surface area contributed by atoms with Crippen LogP contribution in [0.3, 0.4) is 0 Å². The molecule has 90 valence electrons. The molecule has 0 atom stereocenters. The molecule has 17 heavy (non-hydrogen) atoms. The van der Waals surface area contributed by atoms with Gasteiger partial charge in [-0.3, -0.25) is 14.9 Å². The maximum atomic E-state index is 12.1. The molecular weight excluding hydrogens is 222 g/mol. The van der Waals surface area contributed by atoms with E-state index in [0.717, 1.165) is 13.1 Å². The van der Waals surface area contributed by atoms with Gasteiger partial charge in [0.05, 0.1) is 4.92 Å². The molecule has 6 nitrogen and oxygen atoms in total. The number of nitrogens with one attached hydrogen (secondary N) is 1. The molecule has 0 spiro atoms. The highest BCUT2D eigenvalue weighted by atomic mass is 16.6. The third kappa shape index (κ3) is 2.42. The Morgan fingerprint density at radius 2 is 1.94 bits per heavy atom.